The number of aliphatic hydroxyl groups excluding tert-OH is 1. The molecule has 0 saturated heterocycles. The van der Waals surface area contributed by atoms with Gasteiger partial charge in [0.05, 0.1) is 11.1 Å². The van der Waals surface area contributed by atoms with Crippen molar-refractivity contribution in [2.75, 3.05) is 14.1 Å². The van der Waals surface area contributed by atoms with Crippen molar-refractivity contribution < 1.29 is 5.11 Å². The third-order valence-corrected chi connectivity index (χ3v) is 4.88. The Morgan fingerprint density at radius 1 is 1.41 bits per heavy atom. The third-order valence-electron chi connectivity index (χ3n) is 4.08. The van der Waals surface area contributed by atoms with Crippen molar-refractivity contribution in [2.24, 2.45) is 0 Å². The smallest absolute Gasteiger partial charge is 0.0951 e. The van der Waals surface area contributed by atoms with Gasteiger partial charge in [0.2, 0.25) is 0 Å². The monoisotopic (exact) mass is 254 g/mol. The Bertz CT molecular complexity index is 331. The fourth-order valence-electron chi connectivity index (χ4n) is 2.95. The number of likely N-dealkylation sites (N-methyl/N-ethyl adjacent to an activating group) is 1. The summed E-state index contributed by atoms with van der Waals surface area (Å²) in [6.45, 7) is 0. The number of aromatic nitrogens is 1. The number of nitrogens with zero attached hydrogens (tertiary/aromatic N) is 2. The summed E-state index contributed by atoms with van der Waals surface area (Å²) in [5, 5.41) is 13.6. The highest BCUT2D eigenvalue weighted by Crippen LogP contribution is 2.36. The first-order valence-electron chi connectivity index (χ1n) is 6.39. The highest BCUT2D eigenvalue weighted by atomic mass is 32.1. The molecule has 0 aromatic carbocycles. The Morgan fingerprint density at radius 3 is 2.65 bits per heavy atom. The van der Waals surface area contributed by atoms with E-state index in [1.54, 1.807) is 11.3 Å². The van der Waals surface area contributed by atoms with Crippen LogP contribution in [0.1, 0.15) is 37.1 Å². The second-order valence-electron chi connectivity index (χ2n) is 5.20. The van der Waals surface area contributed by atoms with E-state index < -0.39 is 0 Å². The SMILES string of the molecule is CN(C)C1(C(O)Cc2nccs2)CCCCC1. The van der Waals surface area contributed by atoms with Gasteiger partial charge < -0.3 is 10.0 Å². The molecule has 4 heteroatoms. The Hall–Kier alpha value is -0.450. The van der Waals surface area contributed by atoms with Crippen LogP contribution < -0.4 is 0 Å². The van der Waals surface area contributed by atoms with Gasteiger partial charge in [-0.2, -0.15) is 0 Å². The van der Waals surface area contributed by atoms with Gasteiger partial charge in [-0.05, 0) is 26.9 Å². The Balaban J connectivity index is 2.09. The lowest BCUT2D eigenvalue weighted by Crippen LogP contribution is -2.55. The predicted octanol–water partition coefficient (Wildman–Crippen LogP) is 2.31. The van der Waals surface area contributed by atoms with Gasteiger partial charge in [-0.15, -0.1) is 11.3 Å². The number of hydrogen-bond donors (Lipinski definition) is 1. The van der Waals surface area contributed by atoms with E-state index in [-0.39, 0.29) is 11.6 Å². The molecule has 1 heterocycles. The maximum absolute atomic E-state index is 10.6. The number of rotatable bonds is 4. The van der Waals surface area contributed by atoms with Crippen molar-refractivity contribution in [3.63, 3.8) is 0 Å². The fourth-order valence-corrected chi connectivity index (χ4v) is 3.61. The van der Waals surface area contributed by atoms with Crippen molar-refractivity contribution in [3.8, 4) is 0 Å². The minimum absolute atomic E-state index is 0.0378. The molecule has 0 radical (unpaired) electrons. The van der Waals surface area contributed by atoms with Crippen LogP contribution in [0.5, 0.6) is 0 Å². The Kier molecular flexibility index (Phi) is 4.17. The van der Waals surface area contributed by atoms with E-state index in [0.717, 1.165) is 17.8 Å². The number of hydrogen-bond acceptors (Lipinski definition) is 4. The Morgan fingerprint density at radius 2 is 2.12 bits per heavy atom. The van der Waals surface area contributed by atoms with E-state index in [2.05, 4.69) is 24.0 Å². The molecule has 0 aliphatic heterocycles. The molecule has 1 unspecified atom stereocenters. The minimum atomic E-state index is -0.302. The second kappa shape index (κ2) is 5.46. The summed E-state index contributed by atoms with van der Waals surface area (Å²) in [6, 6.07) is 0. The van der Waals surface area contributed by atoms with E-state index in [9.17, 15) is 5.11 Å². The lowest BCUT2D eigenvalue weighted by Gasteiger charge is -2.46. The summed E-state index contributed by atoms with van der Waals surface area (Å²) in [6.07, 6.45) is 8.17. The summed E-state index contributed by atoms with van der Waals surface area (Å²) in [5.41, 5.74) is -0.0378. The molecule has 17 heavy (non-hydrogen) atoms. The summed E-state index contributed by atoms with van der Waals surface area (Å²) in [4.78, 5) is 6.51. The van der Waals surface area contributed by atoms with Crippen molar-refractivity contribution >= 4 is 11.3 Å². The third kappa shape index (κ3) is 2.69. The van der Waals surface area contributed by atoms with Crippen LogP contribution in [-0.4, -0.2) is 40.7 Å². The van der Waals surface area contributed by atoms with Crippen molar-refractivity contribution in [2.45, 2.75) is 50.2 Å². The molecule has 1 atom stereocenters. The molecule has 1 aromatic heterocycles. The average Bonchev–Trinajstić information content (AvgIpc) is 2.82. The van der Waals surface area contributed by atoms with Crippen molar-refractivity contribution in [1.82, 2.24) is 9.88 Å². The van der Waals surface area contributed by atoms with Crippen LogP contribution in [0, 0.1) is 0 Å². The molecule has 1 aliphatic carbocycles. The average molecular weight is 254 g/mol. The van der Waals surface area contributed by atoms with Gasteiger partial charge in [0.15, 0.2) is 0 Å². The Labute approximate surface area is 107 Å². The standard InChI is InChI=1S/C13H22N2OS/c1-15(2)13(6-4-3-5-7-13)11(16)10-12-14-8-9-17-12/h8-9,11,16H,3-7,10H2,1-2H3. The lowest BCUT2D eigenvalue weighted by molar-refractivity contribution is -0.0310. The van der Waals surface area contributed by atoms with E-state index in [1.807, 2.05) is 11.6 Å². The van der Waals surface area contributed by atoms with Crippen LogP contribution in [0.2, 0.25) is 0 Å². The molecule has 0 spiro atoms. The molecule has 0 amide bonds. The predicted molar refractivity (Wildman–Crippen MR) is 71.3 cm³/mol. The molecule has 96 valence electrons. The molecule has 1 fully saturated rings. The van der Waals surface area contributed by atoms with E-state index in [1.165, 1.54) is 19.3 Å². The molecule has 1 saturated carbocycles. The van der Waals surface area contributed by atoms with Gasteiger partial charge in [0.1, 0.15) is 0 Å². The molecule has 1 aromatic rings. The lowest BCUT2D eigenvalue weighted by atomic mass is 9.75. The van der Waals surface area contributed by atoms with Crippen LogP contribution in [0.25, 0.3) is 0 Å². The number of aliphatic hydroxyl groups is 1. The first kappa shape index (κ1) is 13.0. The van der Waals surface area contributed by atoms with E-state index in [0.29, 0.717) is 6.42 Å². The first-order chi connectivity index (χ1) is 8.15. The largest absolute Gasteiger partial charge is 0.391 e. The van der Waals surface area contributed by atoms with Crippen LogP contribution in [0.3, 0.4) is 0 Å². The van der Waals surface area contributed by atoms with Crippen LogP contribution in [-0.2, 0) is 6.42 Å². The van der Waals surface area contributed by atoms with Crippen molar-refractivity contribution in [1.29, 1.82) is 0 Å². The fraction of sp³-hybridized carbons (Fsp3) is 0.769. The zero-order chi connectivity index (χ0) is 12.3. The van der Waals surface area contributed by atoms with Gasteiger partial charge in [0.25, 0.3) is 0 Å². The van der Waals surface area contributed by atoms with Crippen LogP contribution in [0.4, 0.5) is 0 Å². The van der Waals surface area contributed by atoms with E-state index in [4.69, 9.17) is 0 Å². The van der Waals surface area contributed by atoms with Crippen molar-refractivity contribution in [3.05, 3.63) is 16.6 Å². The van der Waals surface area contributed by atoms with E-state index >= 15 is 0 Å². The first-order valence-corrected chi connectivity index (χ1v) is 7.27. The minimum Gasteiger partial charge on any atom is -0.391 e. The normalized spacial score (nSPS) is 21.6. The molecular formula is C13H22N2OS. The molecule has 0 bridgehead atoms. The molecular weight excluding hydrogens is 232 g/mol. The second-order valence-corrected chi connectivity index (χ2v) is 6.18. The highest BCUT2D eigenvalue weighted by Gasteiger charge is 2.41. The maximum atomic E-state index is 10.6. The summed E-state index contributed by atoms with van der Waals surface area (Å²) < 4.78 is 0. The van der Waals surface area contributed by atoms with Gasteiger partial charge in [-0.3, -0.25) is 0 Å². The zero-order valence-electron chi connectivity index (χ0n) is 10.7. The quantitative estimate of drug-likeness (QED) is 0.896. The van der Waals surface area contributed by atoms with Crippen LogP contribution in [0.15, 0.2) is 11.6 Å². The molecule has 3 nitrogen and oxygen atoms in total. The number of thiazole rings is 1. The molecule has 1 N–H and O–H groups in total. The molecule has 1 aliphatic rings. The molecule has 2 rings (SSSR count). The highest BCUT2D eigenvalue weighted by molar-refractivity contribution is 7.09. The summed E-state index contributed by atoms with van der Waals surface area (Å²) >= 11 is 1.64. The zero-order valence-corrected chi connectivity index (χ0v) is 11.5. The van der Waals surface area contributed by atoms with Gasteiger partial charge in [-0.25, -0.2) is 4.98 Å². The van der Waals surface area contributed by atoms with Gasteiger partial charge >= 0.3 is 0 Å². The van der Waals surface area contributed by atoms with Crippen LogP contribution >= 0.6 is 11.3 Å². The van der Waals surface area contributed by atoms with Gasteiger partial charge in [0, 0.05) is 23.5 Å². The van der Waals surface area contributed by atoms with Gasteiger partial charge in [-0.1, -0.05) is 19.3 Å². The maximum Gasteiger partial charge on any atom is 0.0951 e. The summed E-state index contributed by atoms with van der Waals surface area (Å²) in [7, 11) is 4.19. The topological polar surface area (TPSA) is 36.4 Å². The summed E-state index contributed by atoms with van der Waals surface area (Å²) in [5.74, 6) is 0.